The quantitative estimate of drug-likeness (QED) is 0.743. The molecule has 2 aromatic rings. The Balaban J connectivity index is 2.50. The summed E-state index contributed by atoms with van der Waals surface area (Å²) in [7, 11) is 0. The van der Waals surface area contributed by atoms with Gasteiger partial charge >= 0.3 is 0 Å². The van der Waals surface area contributed by atoms with Crippen LogP contribution in [0.3, 0.4) is 0 Å². The third-order valence-electron chi connectivity index (χ3n) is 2.17. The molecule has 0 saturated carbocycles. The second-order valence-electron chi connectivity index (χ2n) is 3.11. The van der Waals surface area contributed by atoms with Crippen LogP contribution in [0.5, 0.6) is 0 Å². The number of rotatable bonds is 2. The van der Waals surface area contributed by atoms with Gasteiger partial charge < -0.3 is 10.3 Å². The zero-order valence-electron chi connectivity index (χ0n) is 8.00. The number of fused-ring (bicyclic) bond motifs is 1. The molecule has 1 aromatic heterocycles. The number of aromatic amines is 1. The molecule has 72 valence electrons. The summed E-state index contributed by atoms with van der Waals surface area (Å²) >= 11 is 0. The van der Waals surface area contributed by atoms with E-state index in [9.17, 15) is 4.79 Å². The van der Waals surface area contributed by atoms with Gasteiger partial charge in [-0.3, -0.25) is 4.79 Å². The van der Waals surface area contributed by atoms with Crippen molar-refractivity contribution in [2.75, 3.05) is 6.54 Å². The molecular weight excluding hydrogens is 176 g/mol. The highest BCUT2D eigenvalue weighted by Crippen LogP contribution is 2.16. The number of carbonyl (C=O) groups is 1. The lowest BCUT2D eigenvalue weighted by molar-refractivity contribution is 0.0957. The second-order valence-corrected chi connectivity index (χ2v) is 3.11. The summed E-state index contributed by atoms with van der Waals surface area (Å²) in [6.07, 6.45) is 1.84. The van der Waals surface area contributed by atoms with Crippen LogP contribution in [0.1, 0.15) is 17.3 Å². The fourth-order valence-electron chi connectivity index (χ4n) is 1.53. The van der Waals surface area contributed by atoms with Crippen LogP contribution in [0.2, 0.25) is 0 Å². The maximum atomic E-state index is 11.6. The summed E-state index contributed by atoms with van der Waals surface area (Å²) in [5, 5.41) is 3.85. The highest BCUT2D eigenvalue weighted by Gasteiger charge is 2.08. The topological polar surface area (TPSA) is 44.9 Å². The van der Waals surface area contributed by atoms with E-state index in [4.69, 9.17) is 0 Å². The van der Waals surface area contributed by atoms with Crippen molar-refractivity contribution in [3.05, 3.63) is 36.0 Å². The lowest BCUT2D eigenvalue weighted by Crippen LogP contribution is -2.22. The van der Waals surface area contributed by atoms with Crippen molar-refractivity contribution in [1.82, 2.24) is 10.3 Å². The number of carbonyl (C=O) groups excluding carboxylic acids is 1. The Morgan fingerprint density at radius 3 is 3.07 bits per heavy atom. The second kappa shape index (κ2) is 3.54. The van der Waals surface area contributed by atoms with E-state index in [1.807, 2.05) is 37.4 Å². The minimum Gasteiger partial charge on any atom is -0.361 e. The van der Waals surface area contributed by atoms with E-state index < -0.39 is 0 Å². The highest BCUT2D eigenvalue weighted by molar-refractivity contribution is 6.05. The lowest BCUT2D eigenvalue weighted by Gasteiger charge is -2.02. The van der Waals surface area contributed by atoms with Gasteiger partial charge in [0, 0.05) is 18.1 Å². The van der Waals surface area contributed by atoms with Crippen molar-refractivity contribution in [2.45, 2.75) is 6.92 Å². The van der Waals surface area contributed by atoms with Gasteiger partial charge in [-0.25, -0.2) is 0 Å². The first-order valence-corrected chi connectivity index (χ1v) is 4.67. The monoisotopic (exact) mass is 188 g/mol. The van der Waals surface area contributed by atoms with Crippen molar-refractivity contribution in [1.29, 1.82) is 0 Å². The smallest absolute Gasteiger partial charge is 0.253 e. The Morgan fingerprint density at radius 1 is 1.43 bits per heavy atom. The normalized spacial score (nSPS) is 10.4. The van der Waals surface area contributed by atoms with E-state index in [2.05, 4.69) is 10.3 Å². The minimum atomic E-state index is -0.0273. The molecule has 0 atom stereocenters. The largest absolute Gasteiger partial charge is 0.361 e. The molecule has 1 aromatic carbocycles. The predicted molar refractivity (Wildman–Crippen MR) is 56.3 cm³/mol. The van der Waals surface area contributed by atoms with Gasteiger partial charge in [0.15, 0.2) is 0 Å². The number of benzene rings is 1. The number of para-hydroxylation sites is 1. The molecule has 3 heteroatoms. The standard InChI is InChI=1S/C11H12N2O/c1-2-12-11(14)9-5-3-4-8-6-7-13-10(8)9/h3-7,13H,2H2,1H3,(H,12,14). The fourth-order valence-corrected chi connectivity index (χ4v) is 1.53. The summed E-state index contributed by atoms with van der Waals surface area (Å²) < 4.78 is 0. The first-order valence-electron chi connectivity index (χ1n) is 4.67. The Kier molecular flexibility index (Phi) is 2.23. The van der Waals surface area contributed by atoms with Gasteiger partial charge in [-0.2, -0.15) is 0 Å². The Morgan fingerprint density at radius 2 is 2.29 bits per heavy atom. The zero-order chi connectivity index (χ0) is 9.97. The van der Waals surface area contributed by atoms with Crippen LogP contribution in [0.25, 0.3) is 10.9 Å². The molecular formula is C11H12N2O. The number of amides is 1. The van der Waals surface area contributed by atoms with E-state index in [1.165, 1.54) is 0 Å². The third-order valence-corrected chi connectivity index (χ3v) is 2.17. The van der Waals surface area contributed by atoms with Crippen LogP contribution < -0.4 is 5.32 Å². The van der Waals surface area contributed by atoms with E-state index in [1.54, 1.807) is 0 Å². The van der Waals surface area contributed by atoms with Crippen LogP contribution in [0.4, 0.5) is 0 Å². The zero-order valence-corrected chi connectivity index (χ0v) is 8.00. The van der Waals surface area contributed by atoms with Gasteiger partial charge in [-0.05, 0) is 19.1 Å². The Bertz CT molecular complexity index is 459. The molecule has 0 aliphatic rings. The maximum Gasteiger partial charge on any atom is 0.253 e. The minimum absolute atomic E-state index is 0.0273. The van der Waals surface area contributed by atoms with Gasteiger partial charge in [-0.1, -0.05) is 12.1 Å². The molecule has 0 radical (unpaired) electrons. The fraction of sp³-hybridized carbons (Fsp3) is 0.182. The summed E-state index contributed by atoms with van der Waals surface area (Å²) in [6.45, 7) is 2.56. The van der Waals surface area contributed by atoms with E-state index in [-0.39, 0.29) is 5.91 Å². The molecule has 3 nitrogen and oxygen atoms in total. The molecule has 0 aliphatic carbocycles. The van der Waals surface area contributed by atoms with Gasteiger partial charge in [0.05, 0.1) is 11.1 Å². The molecule has 2 rings (SSSR count). The molecule has 2 N–H and O–H groups in total. The van der Waals surface area contributed by atoms with Crippen LogP contribution in [-0.2, 0) is 0 Å². The summed E-state index contributed by atoms with van der Waals surface area (Å²) in [4.78, 5) is 14.7. The molecule has 14 heavy (non-hydrogen) atoms. The average molecular weight is 188 g/mol. The molecule has 0 bridgehead atoms. The van der Waals surface area contributed by atoms with Crippen LogP contribution in [-0.4, -0.2) is 17.4 Å². The van der Waals surface area contributed by atoms with Gasteiger partial charge in [0.1, 0.15) is 0 Å². The van der Waals surface area contributed by atoms with Crippen LogP contribution in [0.15, 0.2) is 30.5 Å². The van der Waals surface area contributed by atoms with Crippen molar-refractivity contribution < 1.29 is 4.79 Å². The number of hydrogen-bond acceptors (Lipinski definition) is 1. The first kappa shape index (κ1) is 8.81. The van der Waals surface area contributed by atoms with Crippen molar-refractivity contribution >= 4 is 16.8 Å². The molecule has 0 unspecified atom stereocenters. The van der Waals surface area contributed by atoms with E-state index in [0.717, 1.165) is 10.9 Å². The molecule has 0 spiro atoms. The lowest BCUT2D eigenvalue weighted by atomic mass is 10.1. The first-order chi connectivity index (χ1) is 6.83. The summed E-state index contributed by atoms with van der Waals surface area (Å²) in [5.41, 5.74) is 1.60. The SMILES string of the molecule is CCNC(=O)c1cccc2cc[nH]c12. The highest BCUT2D eigenvalue weighted by atomic mass is 16.1. The average Bonchev–Trinajstić information content (AvgIpc) is 2.65. The third kappa shape index (κ3) is 1.37. The van der Waals surface area contributed by atoms with Crippen LogP contribution >= 0.6 is 0 Å². The number of H-pyrrole nitrogens is 1. The van der Waals surface area contributed by atoms with Crippen molar-refractivity contribution in [3.8, 4) is 0 Å². The van der Waals surface area contributed by atoms with E-state index >= 15 is 0 Å². The predicted octanol–water partition coefficient (Wildman–Crippen LogP) is 1.92. The van der Waals surface area contributed by atoms with Gasteiger partial charge in [0.25, 0.3) is 5.91 Å². The molecule has 0 saturated heterocycles. The van der Waals surface area contributed by atoms with Crippen LogP contribution in [0, 0.1) is 0 Å². The molecule has 0 fully saturated rings. The molecule has 1 amide bonds. The number of nitrogens with one attached hydrogen (secondary N) is 2. The van der Waals surface area contributed by atoms with Crippen molar-refractivity contribution in [3.63, 3.8) is 0 Å². The maximum absolute atomic E-state index is 11.6. The summed E-state index contributed by atoms with van der Waals surface area (Å²) in [6, 6.07) is 7.65. The Hall–Kier alpha value is -1.77. The van der Waals surface area contributed by atoms with Gasteiger partial charge in [-0.15, -0.1) is 0 Å². The number of aromatic nitrogens is 1. The van der Waals surface area contributed by atoms with Crippen molar-refractivity contribution in [2.24, 2.45) is 0 Å². The van der Waals surface area contributed by atoms with Gasteiger partial charge in [0.2, 0.25) is 0 Å². The van der Waals surface area contributed by atoms with E-state index in [0.29, 0.717) is 12.1 Å². The summed E-state index contributed by atoms with van der Waals surface area (Å²) in [5.74, 6) is -0.0273. The number of hydrogen-bond donors (Lipinski definition) is 2. The Labute approximate surface area is 82.1 Å². The molecule has 0 aliphatic heterocycles. The molecule has 1 heterocycles.